The van der Waals surface area contributed by atoms with Crippen LogP contribution in [0.15, 0.2) is 85.1 Å². The molecule has 0 aromatic heterocycles. The van der Waals surface area contributed by atoms with E-state index in [0.717, 1.165) is 103 Å². The highest BCUT2D eigenvalue weighted by molar-refractivity contribution is 5.71. The van der Waals surface area contributed by atoms with Crippen LogP contribution >= 0.6 is 0 Å². The molecule has 0 N–H and O–H groups in total. The summed E-state index contributed by atoms with van der Waals surface area (Å²) in [5.41, 5.74) is 0. The molecule has 0 aromatic carbocycles. The zero-order valence-corrected chi connectivity index (χ0v) is 48.1. The Bertz CT molecular complexity index is 1400. The van der Waals surface area contributed by atoms with Crippen molar-refractivity contribution < 1.29 is 28.6 Å². The molecule has 6 heteroatoms. The van der Waals surface area contributed by atoms with Crippen LogP contribution in [-0.4, -0.2) is 37.2 Å². The lowest BCUT2D eigenvalue weighted by Gasteiger charge is -2.18. The van der Waals surface area contributed by atoms with Crippen LogP contribution < -0.4 is 0 Å². The molecule has 0 aliphatic heterocycles. The molecule has 0 aliphatic carbocycles. The predicted octanol–water partition coefficient (Wildman–Crippen LogP) is 21.1. The first-order valence-electron chi connectivity index (χ1n) is 31.1. The van der Waals surface area contributed by atoms with Gasteiger partial charge in [-0.2, -0.15) is 0 Å². The lowest BCUT2D eigenvalue weighted by Crippen LogP contribution is -2.30. The summed E-state index contributed by atoms with van der Waals surface area (Å²) in [5, 5.41) is 0. The van der Waals surface area contributed by atoms with Crippen LogP contribution in [0, 0.1) is 0 Å². The maximum atomic E-state index is 12.9. The summed E-state index contributed by atoms with van der Waals surface area (Å²) < 4.78 is 16.9. The summed E-state index contributed by atoms with van der Waals surface area (Å²) in [7, 11) is 0. The van der Waals surface area contributed by atoms with Gasteiger partial charge in [0.25, 0.3) is 0 Å². The van der Waals surface area contributed by atoms with Gasteiger partial charge in [-0.25, -0.2) is 0 Å². The molecule has 0 spiro atoms. The third kappa shape index (κ3) is 59.3. The number of rotatable bonds is 56. The first-order valence-corrected chi connectivity index (χ1v) is 31.1. The normalized spacial score (nSPS) is 12.6. The van der Waals surface area contributed by atoms with Gasteiger partial charge in [0, 0.05) is 19.3 Å². The van der Waals surface area contributed by atoms with Gasteiger partial charge in [-0.15, -0.1) is 0 Å². The highest BCUT2D eigenvalue weighted by Crippen LogP contribution is 2.16. The Labute approximate surface area is 452 Å². The second kappa shape index (κ2) is 61.1. The molecule has 6 nitrogen and oxygen atoms in total. The fraction of sp³-hybridized carbons (Fsp3) is 0.746. The molecular weight excluding hydrogens is 901 g/mol. The van der Waals surface area contributed by atoms with Crippen LogP contribution in [0.3, 0.4) is 0 Å². The summed E-state index contributed by atoms with van der Waals surface area (Å²) in [6.07, 6.45) is 80.0. The monoisotopic (exact) mass is 1020 g/mol. The summed E-state index contributed by atoms with van der Waals surface area (Å²) in [4.78, 5) is 38.3. The molecule has 0 saturated heterocycles. The maximum Gasteiger partial charge on any atom is 0.306 e. The molecule has 0 saturated carbocycles. The van der Waals surface area contributed by atoms with Gasteiger partial charge in [-0.3, -0.25) is 14.4 Å². The van der Waals surface area contributed by atoms with Gasteiger partial charge >= 0.3 is 17.9 Å². The summed E-state index contributed by atoms with van der Waals surface area (Å²) in [6, 6.07) is 0. The molecule has 0 fully saturated rings. The van der Waals surface area contributed by atoms with Crippen molar-refractivity contribution in [2.75, 3.05) is 13.2 Å². The Morgan fingerprint density at radius 2 is 0.534 bits per heavy atom. The number of esters is 3. The topological polar surface area (TPSA) is 78.9 Å². The predicted molar refractivity (Wildman–Crippen MR) is 316 cm³/mol. The van der Waals surface area contributed by atoms with E-state index < -0.39 is 6.10 Å². The number of carbonyl (C=O) groups excluding carboxylic acids is 3. The lowest BCUT2D eigenvalue weighted by molar-refractivity contribution is -0.167. The van der Waals surface area contributed by atoms with Crippen LogP contribution in [0.2, 0.25) is 0 Å². The molecule has 0 aliphatic rings. The minimum Gasteiger partial charge on any atom is -0.462 e. The van der Waals surface area contributed by atoms with Gasteiger partial charge in [0.05, 0.1) is 0 Å². The first kappa shape index (κ1) is 69.6. The second-order valence-corrected chi connectivity index (χ2v) is 20.6. The molecule has 0 aromatic rings. The van der Waals surface area contributed by atoms with Gasteiger partial charge in [-0.05, 0) is 96.3 Å². The van der Waals surface area contributed by atoms with Crippen molar-refractivity contribution in [1.29, 1.82) is 0 Å². The van der Waals surface area contributed by atoms with Gasteiger partial charge in [0.15, 0.2) is 6.10 Å². The summed E-state index contributed by atoms with van der Waals surface area (Å²) >= 11 is 0. The largest absolute Gasteiger partial charge is 0.462 e. The number of ether oxygens (including phenoxy) is 3. The average molecular weight is 1020 g/mol. The quantitative estimate of drug-likeness (QED) is 0.0261. The Morgan fingerprint density at radius 3 is 0.877 bits per heavy atom. The second-order valence-electron chi connectivity index (χ2n) is 20.6. The smallest absolute Gasteiger partial charge is 0.306 e. The van der Waals surface area contributed by atoms with Crippen LogP contribution in [0.1, 0.15) is 303 Å². The highest BCUT2D eigenvalue weighted by atomic mass is 16.6. The third-order valence-corrected chi connectivity index (χ3v) is 13.4. The highest BCUT2D eigenvalue weighted by Gasteiger charge is 2.19. The van der Waals surface area contributed by atoms with E-state index in [4.69, 9.17) is 14.2 Å². The molecule has 0 bridgehead atoms. The van der Waals surface area contributed by atoms with Crippen molar-refractivity contribution in [3.05, 3.63) is 85.1 Å². The number of unbranched alkanes of at least 4 members (excludes halogenated alkanes) is 31. The number of hydrogen-bond donors (Lipinski definition) is 0. The van der Waals surface area contributed by atoms with E-state index in [1.807, 2.05) is 0 Å². The Hall–Kier alpha value is -3.41. The average Bonchev–Trinajstić information content (AvgIpc) is 3.39. The van der Waals surface area contributed by atoms with E-state index >= 15 is 0 Å². The molecule has 420 valence electrons. The SMILES string of the molecule is CC/C=C/C/C=C/C/C=C/C/C=C/C/C=C/CCCCCC(=O)OC[C@@H](COC(=O)CCCCCCCCCCCCCCCCCCC)OC(=O)CCCCCCCCCCC/C=C/C/C=C/CCCCC. The Kier molecular flexibility index (Phi) is 58.3. The van der Waals surface area contributed by atoms with Crippen LogP contribution in [0.25, 0.3) is 0 Å². The van der Waals surface area contributed by atoms with E-state index in [0.29, 0.717) is 19.3 Å². The fourth-order valence-electron chi connectivity index (χ4n) is 8.74. The van der Waals surface area contributed by atoms with Gasteiger partial charge < -0.3 is 14.2 Å². The minimum absolute atomic E-state index is 0.0864. The van der Waals surface area contributed by atoms with E-state index in [-0.39, 0.29) is 31.1 Å². The van der Waals surface area contributed by atoms with E-state index in [1.54, 1.807) is 0 Å². The molecule has 73 heavy (non-hydrogen) atoms. The van der Waals surface area contributed by atoms with Gasteiger partial charge in [-0.1, -0.05) is 273 Å². The number of hydrogen-bond acceptors (Lipinski definition) is 6. The lowest BCUT2D eigenvalue weighted by atomic mass is 10.0. The maximum absolute atomic E-state index is 12.9. The van der Waals surface area contributed by atoms with Crippen molar-refractivity contribution in [2.24, 2.45) is 0 Å². The van der Waals surface area contributed by atoms with E-state index in [2.05, 4.69) is 106 Å². The van der Waals surface area contributed by atoms with Gasteiger partial charge in [0.2, 0.25) is 0 Å². The zero-order chi connectivity index (χ0) is 52.9. The van der Waals surface area contributed by atoms with Gasteiger partial charge in [0.1, 0.15) is 13.2 Å². The Morgan fingerprint density at radius 1 is 0.288 bits per heavy atom. The number of carbonyl (C=O) groups is 3. The fourth-order valence-corrected chi connectivity index (χ4v) is 8.74. The van der Waals surface area contributed by atoms with Crippen molar-refractivity contribution in [2.45, 2.75) is 309 Å². The third-order valence-electron chi connectivity index (χ3n) is 13.4. The summed E-state index contributed by atoms with van der Waals surface area (Å²) in [5.74, 6) is -0.912. The van der Waals surface area contributed by atoms with E-state index in [1.165, 1.54) is 161 Å². The van der Waals surface area contributed by atoms with Crippen molar-refractivity contribution in [1.82, 2.24) is 0 Å². The van der Waals surface area contributed by atoms with Crippen molar-refractivity contribution >= 4 is 17.9 Å². The molecule has 0 radical (unpaired) electrons. The van der Waals surface area contributed by atoms with E-state index in [9.17, 15) is 14.4 Å². The van der Waals surface area contributed by atoms with Crippen molar-refractivity contribution in [3.63, 3.8) is 0 Å². The molecule has 0 rings (SSSR count). The molecule has 0 unspecified atom stereocenters. The first-order chi connectivity index (χ1) is 36.0. The molecule has 0 heterocycles. The summed E-state index contributed by atoms with van der Waals surface area (Å²) in [6.45, 7) is 6.51. The van der Waals surface area contributed by atoms with Crippen LogP contribution in [-0.2, 0) is 28.6 Å². The van der Waals surface area contributed by atoms with Crippen LogP contribution in [0.5, 0.6) is 0 Å². The zero-order valence-electron chi connectivity index (χ0n) is 48.1. The molecule has 1 atom stereocenters. The van der Waals surface area contributed by atoms with Crippen molar-refractivity contribution in [3.8, 4) is 0 Å². The number of allylic oxidation sites excluding steroid dienone is 14. The standard InChI is InChI=1S/C67H116O6/c1-4-7-10-13-16-19-22-25-28-31-33-36-39-42-45-48-51-54-57-60-66(69)72-63-64(62-71-65(68)59-56-53-50-47-44-41-38-35-30-27-24-21-18-15-12-9-6-3)73-67(70)61-58-55-52-49-46-43-40-37-34-32-29-26-23-20-17-14-11-8-5-2/h7,10,16-17,19-20,25-26,28-29,33,36,42,45,64H,4-6,8-9,11-15,18,21-24,27,30-32,34-35,37-41,43-44,46-63H2,1-3H3/b10-7+,19-16+,20-17+,28-25+,29-26+,36-33+,45-42+/t64-/m1/s1. The Balaban J connectivity index is 4.43. The van der Waals surface area contributed by atoms with Crippen LogP contribution in [0.4, 0.5) is 0 Å². The minimum atomic E-state index is -0.793. The molecular formula is C67H116O6. The molecule has 0 amide bonds.